The first-order chi connectivity index (χ1) is 10.4. The van der Waals surface area contributed by atoms with Crippen LogP contribution in [0.1, 0.15) is 34.5 Å². The SMILES string of the molecule is Cc1ccc([C@H](C)OC(=O)c2ccncc2F)cc1[N+](=O)[O-]. The standard InChI is InChI=1S/C15H13FN2O4/c1-9-3-4-11(7-14(9)18(20)21)10(2)22-15(19)12-5-6-17-8-13(12)16/h3-8,10H,1-2H3/t10-/m0/s1. The molecule has 0 bridgehead atoms. The van der Waals surface area contributed by atoms with Crippen molar-refractivity contribution < 1.29 is 18.8 Å². The van der Waals surface area contributed by atoms with Gasteiger partial charge in [0.05, 0.1) is 16.7 Å². The Balaban J connectivity index is 2.21. The Hall–Kier alpha value is -2.83. The zero-order chi connectivity index (χ0) is 16.3. The van der Waals surface area contributed by atoms with Gasteiger partial charge in [-0.3, -0.25) is 15.1 Å². The van der Waals surface area contributed by atoms with Gasteiger partial charge in [0.1, 0.15) is 6.10 Å². The van der Waals surface area contributed by atoms with Gasteiger partial charge >= 0.3 is 5.97 Å². The number of hydrogen-bond acceptors (Lipinski definition) is 5. The van der Waals surface area contributed by atoms with Crippen LogP contribution in [0.15, 0.2) is 36.7 Å². The topological polar surface area (TPSA) is 82.3 Å². The minimum atomic E-state index is -0.851. The molecular formula is C15H13FN2O4. The van der Waals surface area contributed by atoms with Crippen LogP contribution in [0.3, 0.4) is 0 Å². The van der Waals surface area contributed by atoms with Gasteiger partial charge in [-0.25, -0.2) is 9.18 Å². The quantitative estimate of drug-likeness (QED) is 0.491. The van der Waals surface area contributed by atoms with E-state index in [2.05, 4.69) is 4.98 Å². The zero-order valence-corrected chi connectivity index (χ0v) is 11.9. The van der Waals surface area contributed by atoms with Gasteiger partial charge in [0.25, 0.3) is 5.69 Å². The normalized spacial score (nSPS) is 11.8. The molecule has 0 saturated heterocycles. The highest BCUT2D eigenvalue weighted by molar-refractivity contribution is 5.89. The number of rotatable bonds is 4. The summed E-state index contributed by atoms with van der Waals surface area (Å²) in [6.45, 7) is 3.18. The first-order valence-electron chi connectivity index (χ1n) is 6.45. The maximum absolute atomic E-state index is 13.5. The van der Waals surface area contributed by atoms with Crippen molar-refractivity contribution in [2.24, 2.45) is 0 Å². The molecule has 0 radical (unpaired) electrons. The molecule has 1 aromatic carbocycles. The minimum absolute atomic E-state index is 0.0597. The zero-order valence-electron chi connectivity index (χ0n) is 11.9. The second kappa shape index (κ2) is 6.30. The molecule has 2 aromatic rings. The van der Waals surface area contributed by atoms with Gasteiger partial charge in [-0.1, -0.05) is 12.1 Å². The van der Waals surface area contributed by atoms with E-state index < -0.39 is 22.8 Å². The highest BCUT2D eigenvalue weighted by Crippen LogP contribution is 2.26. The Morgan fingerprint density at radius 1 is 1.41 bits per heavy atom. The lowest BCUT2D eigenvalue weighted by Crippen LogP contribution is -2.11. The molecule has 114 valence electrons. The average Bonchev–Trinajstić information content (AvgIpc) is 2.47. The second-order valence-electron chi connectivity index (χ2n) is 4.71. The van der Waals surface area contributed by atoms with E-state index in [1.807, 2.05) is 0 Å². The highest BCUT2D eigenvalue weighted by Gasteiger charge is 2.19. The van der Waals surface area contributed by atoms with Gasteiger partial charge in [0.2, 0.25) is 0 Å². The van der Waals surface area contributed by atoms with Gasteiger partial charge in [0.15, 0.2) is 5.82 Å². The lowest BCUT2D eigenvalue weighted by molar-refractivity contribution is -0.385. The largest absolute Gasteiger partial charge is 0.454 e. The van der Waals surface area contributed by atoms with E-state index in [0.717, 1.165) is 6.20 Å². The smallest absolute Gasteiger partial charge is 0.341 e. The molecule has 0 saturated carbocycles. The van der Waals surface area contributed by atoms with Gasteiger partial charge in [0, 0.05) is 17.8 Å². The summed E-state index contributed by atoms with van der Waals surface area (Å²) in [5, 5.41) is 10.9. The molecule has 0 unspecified atom stereocenters. The Labute approximate surface area is 125 Å². The molecule has 0 fully saturated rings. The van der Waals surface area contributed by atoms with E-state index in [0.29, 0.717) is 11.1 Å². The summed E-state index contributed by atoms with van der Waals surface area (Å²) in [5.74, 6) is -1.63. The second-order valence-corrected chi connectivity index (χ2v) is 4.71. The van der Waals surface area contributed by atoms with E-state index in [1.54, 1.807) is 26.0 Å². The van der Waals surface area contributed by atoms with Crippen molar-refractivity contribution in [3.05, 3.63) is 69.3 Å². The fourth-order valence-electron chi connectivity index (χ4n) is 1.91. The van der Waals surface area contributed by atoms with Crippen LogP contribution in [0.4, 0.5) is 10.1 Å². The molecule has 0 aliphatic heterocycles. The minimum Gasteiger partial charge on any atom is -0.454 e. The number of aromatic nitrogens is 1. The van der Waals surface area contributed by atoms with Crippen molar-refractivity contribution in [2.45, 2.75) is 20.0 Å². The lowest BCUT2D eigenvalue weighted by atomic mass is 10.1. The third-order valence-corrected chi connectivity index (χ3v) is 3.18. The van der Waals surface area contributed by atoms with E-state index in [4.69, 9.17) is 4.74 Å². The molecule has 0 aliphatic rings. The molecule has 7 heteroatoms. The Morgan fingerprint density at radius 2 is 2.14 bits per heavy atom. The molecular weight excluding hydrogens is 291 g/mol. The molecule has 22 heavy (non-hydrogen) atoms. The van der Waals surface area contributed by atoms with Gasteiger partial charge in [-0.05, 0) is 25.5 Å². The van der Waals surface area contributed by atoms with Gasteiger partial charge in [-0.15, -0.1) is 0 Å². The summed E-state index contributed by atoms with van der Waals surface area (Å²) in [4.78, 5) is 25.9. The average molecular weight is 304 g/mol. The molecule has 0 amide bonds. The number of aryl methyl sites for hydroxylation is 1. The number of ether oxygens (including phenoxy) is 1. The summed E-state index contributed by atoms with van der Waals surface area (Å²) in [7, 11) is 0. The van der Waals surface area contributed by atoms with Crippen LogP contribution in [-0.4, -0.2) is 15.9 Å². The summed E-state index contributed by atoms with van der Waals surface area (Å²) in [6, 6.07) is 5.76. The molecule has 1 heterocycles. The van der Waals surface area contributed by atoms with Crippen molar-refractivity contribution in [1.29, 1.82) is 0 Å². The number of pyridine rings is 1. The van der Waals surface area contributed by atoms with E-state index >= 15 is 0 Å². The molecule has 6 nitrogen and oxygen atoms in total. The van der Waals surface area contributed by atoms with Crippen molar-refractivity contribution in [2.75, 3.05) is 0 Å². The predicted octanol–water partition coefficient (Wildman–Crippen LogP) is 3.36. The number of hydrogen-bond donors (Lipinski definition) is 0. The molecule has 2 rings (SSSR count). The molecule has 1 aromatic heterocycles. The van der Waals surface area contributed by atoms with Crippen molar-refractivity contribution in [3.8, 4) is 0 Å². The highest BCUT2D eigenvalue weighted by atomic mass is 19.1. The molecule has 0 aliphatic carbocycles. The first-order valence-corrected chi connectivity index (χ1v) is 6.45. The summed E-state index contributed by atoms with van der Waals surface area (Å²) >= 11 is 0. The maximum Gasteiger partial charge on any atom is 0.341 e. The summed E-state index contributed by atoms with van der Waals surface area (Å²) in [5.41, 5.74) is 0.673. The number of halogens is 1. The van der Waals surface area contributed by atoms with Crippen LogP contribution in [0.2, 0.25) is 0 Å². The number of benzene rings is 1. The number of nitro groups is 1. The predicted molar refractivity (Wildman–Crippen MR) is 75.9 cm³/mol. The fraction of sp³-hybridized carbons (Fsp3) is 0.200. The number of nitrogens with zero attached hydrogens (tertiary/aromatic N) is 2. The Kier molecular flexibility index (Phi) is 4.45. The van der Waals surface area contributed by atoms with Gasteiger partial charge in [-0.2, -0.15) is 0 Å². The van der Waals surface area contributed by atoms with E-state index in [9.17, 15) is 19.3 Å². The monoisotopic (exact) mass is 304 g/mol. The summed E-state index contributed by atoms with van der Waals surface area (Å²) in [6.07, 6.45) is 1.44. The number of nitro benzene ring substituents is 1. The van der Waals surface area contributed by atoms with Crippen molar-refractivity contribution in [1.82, 2.24) is 4.98 Å². The Bertz CT molecular complexity index is 733. The number of carbonyl (C=O) groups is 1. The number of carbonyl (C=O) groups excluding carboxylic acids is 1. The Morgan fingerprint density at radius 3 is 2.77 bits per heavy atom. The van der Waals surface area contributed by atoms with Crippen LogP contribution in [0.25, 0.3) is 0 Å². The van der Waals surface area contributed by atoms with E-state index in [-0.39, 0.29) is 11.3 Å². The molecule has 1 atom stereocenters. The van der Waals surface area contributed by atoms with Crippen molar-refractivity contribution >= 4 is 11.7 Å². The third kappa shape index (κ3) is 3.25. The van der Waals surface area contributed by atoms with E-state index in [1.165, 1.54) is 18.3 Å². The van der Waals surface area contributed by atoms with Crippen LogP contribution < -0.4 is 0 Å². The first kappa shape index (κ1) is 15.6. The van der Waals surface area contributed by atoms with Gasteiger partial charge < -0.3 is 4.74 Å². The molecule has 0 N–H and O–H groups in total. The number of esters is 1. The van der Waals surface area contributed by atoms with Crippen molar-refractivity contribution in [3.63, 3.8) is 0 Å². The molecule has 0 spiro atoms. The van der Waals surface area contributed by atoms with Crippen LogP contribution in [0, 0.1) is 22.9 Å². The lowest BCUT2D eigenvalue weighted by Gasteiger charge is -2.14. The fourth-order valence-corrected chi connectivity index (χ4v) is 1.91. The summed E-state index contributed by atoms with van der Waals surface area (Å²) < 4.78 is 18.6. The van der Waals surface area contributed by atoms with Crippen LogP contribution >= 0.6 is 0 Å². The third-order valence-electron chi connectivity index (χ3n) is 3.18. The van der Waals surface area contributed by atoms with Crippen LogP contribution in [0.5, 0.6) is 0 Å². The maximum atomic E-state index is 13.5. The van der Waals surface area contributed by atoms with Crippen LogP contribution in [-0.2, 0) is 4.74 Å².